The van der Waals surface area contributed by atoms with Crippen molar-refractivity contribution in [3.8, 4) is 0 Å². The molecule has 1 aromatic heterocycles. The predicted molar refractivity (Wildman–Crippen MR) is 78.2 cm³/mol. The zero-order valence-electron chi connectivity index (χ0n) is 11.2. The summed E-state index contributed by atoms with van der Waals surface area (Å²) in [6.07, 6.45) is 1.78. The molecular weight excluding hydrogens is 240 g/mol. The van der Waals surface area contributed by atoms with Gasteiger partial charge in [0.2, 0.25) is 0 Å². The van der Waals surface area contributed by atoms with Gasteiger partial charge < -0.3 is 5.73 Å². The second-order valence-electron chi connectivity index (χ2n) is 4.97. The van der Waals surface area contributed by atoms with Crippen LogP contribution in [-0.4, -0.2) is 11.0 Å². The Labute approximate surface area is 113 Å². The van der Waals surface area contributed by atoms with Gasteiger partial charge in [0, 0.05) is 23.5 Å². The summed E-state index contributed by atoms with van der Waals surface area (Å²) < 4.78 is 0. The number of rotatable bonds is 4. The summed E-state index contributed by atoms with van der Waals surface area (Å²) in [7, 11) is 0. The first-order valence-electron chi connectivity index (χ1n) is 6.27. The highest BCUT2D eigenvalue weighted by Crippen LogP contribution is 2.14. The van der Waals surface area contributed by atoms with Crippen LogP contribution in [0.5, 0.6) is 0 Å². The molecule has 18 heavy (non-hydrogen) atoms. The average molecular weight is 260 g/mol. The standard InChI is InChI=1S/C15H20N2S/c1-10-4-5-13(6-11(10)2)7-14(16)8-15-17-12(3)9-18-15/h4-6,9,14H,7-8,16H2,1-3H3. The van der Waals surface area contributed by atoms with E-state index in [0.29, 0.717) is 0 Å². The van der Waals surface area contributed by atoms with Gasteiger partial charge in [0.15, 0.2) is 0 Å². The van der Waals surface area contributed by atoms with Crippen molar-refractivity contribution in [1.82, 2.24) is 4.98 Å². The first kappa shape index (κ1) is 13.2. The van der Waals surface area contributed by atoms with Crippen LogP contribution in [0.15, 0.2) is 23.6 Å². The van der Waals surface area contributed by atoms with Crippen LogP contribution in [0.1, 0.15) is 27.4 Å². The topological polar surface area (TPSA) is 38.9 Å². The zero-order valence-corrected chi connectivity index (χ0v) is 12.1. The van der Waals surface area contributed by atoms with E-state index in [-0.39, 0.29) is 6.04 Å². The van der Waals surface area contributed by atoms with Crippen LogP contribution < -0.4 is 5.73 Å². The van der Waals surface area contributed by atoms with Crippen molar-refractivity contribution < 1.29 is 0 Å². The summed E-state index contributed by atoms with van der Waals surface area (Å²) in [5.74, 6) is 0. The van der Waals surface area contributed by atoms with Gasteiger partial charge in [-0.25, -0.2) is 4.98 Å². The number of benzene rings is 1. The largest absolute Gasteiger partial charge is 0.327 e. The molecule has 0 aliphatic carbocycles. The molecule has 0 bridgehead atoms. The predicted octanol–water partition coefficient (Wildman–Crippen LogP) is 3.18. The molecule has 0 aliphatic heterocycles. The van der Waals surface area contributed by atoms with E-state index in [2.05, 4.69) is 42.4 Å². The lowest BCUT2D eigenvalue weighted by molar-refractivity contribution is 0.661. The van der Waals surface area contributed by atoms with E-state index >= 15 is 0 Å². The van der Waals surface area contributed by atoms with Crippen LogP contribution in [0.2, 0.25) is 0 Å². The van der Waals surface area contributed by atoms with Crippen LogP contribution in [-0.2, 0) is 12.8 Å². The van der Waals surface area contributed by atoms with E-state index in [1.165, 1.54) is 16.7 Å². The van der Waals surface area contributed by atoms with E-state index in [4.69, 9.17) is 5.73 Å². The third-order valence-electron chi connectivity index (χ3n) is 3.17. The Balaban J connectivity index is 1.98. The minimum Gasteiger partial charge on any atom is -0.327 e. The summed E-state index contributed by atoms with van der Waals surface area (Å²) in [5.41, 5.74) is 11.3. The number of aromatic nitrogens is 1. The second-order valence-corrected chi connectivity index (χ2v) is 5.91. The molecule has 1 aromatic carbocycles. The Hall–Kier alpha value is -1.19. The van der Waals surface area contributed by atoms with Gasteiger partial charge >= 0.3 is 0 Å². The van der Waals surface area contributed by atoms with E-state index in [1.54, 1.807) is 11.3 Å². The molecule has 0 spiro atoms. The first-order valence-corrected chi connectivity index (χ1v) is 7.15. The average Bonchev–Trinajstić information content (AvgIpc) is 2.69. The van der Waals surface area contributed by atoms with Crippen LogP contribution in [0.3, 0.4) is 0 Å². The molecule has 1 heterocycles. The maximum Gasteiger partial charge on any atom is 0.0943 e. The number of hydrogen-bond donors (Lipinski definition) is 1. The van der Waals surface area contributed by atoms with E-state index in [0.717, 1.165) is 23.5 Å². The summed E-state index contributed by atoms with van der Waals surface area (Å²) in [5, 5.41) is 3.22. The van der Waals surface area contributed by atoms with Gasteiger partial charge in [-0.2, -0.15) is 0 Å². The van der Waals surface area contributed by atoms with Crippen molar-refractivity contribution >= 4 is 11.3 Å². The van der Waals surface area contributed by atoms with Crippen molar-refractivity contribution in [2.24, 2.45) is 5.73 Å². The van der Waals surface area contributed by atoms with Crippen molar-refractivity contribution in [3.05, 3.63) is 51.0 Å². The van der Waals surface area contributed by atoms with Gasteiger partial charge in [-0.05, 0) is 43.9 Å². The van der Waals surface area contributed by atoms with Crippen LogP contribution in [0.4, 0.5) is 0 Å². The van der Waals surface area contributed by atoms with Gasteiger partial charge in [0.05, 0.1) is 5.01 Å². The second kappa shape index (κ2) is 5.63. The molecule has 0 amide bonds. The third-order valence-corrected chi connectivity index (χ3v) is 4.16. The maximum absolute atomic E-state index is 6.20. The van der Waals surface area contributed by atoms with Gasteiger partial charge in [-0.15, -0.1) is 11.3 Å². The maximum atomic E-state index is 6.20. The Morgan fingerprint density at radius 1 is 1.17 bits per heavy atom. The fourth-order valence-electron chi connectivity index (χ4n) is 2.03. The molecule has 1 atom stereocenters. The third kappa shape index (κ3) is 3.40. The molecule has 0 radical (unpaired) electrons. The van der Waals surface area contributed by atoms with Crippen molar-refractivity contribution in [1.29, 1.82) is 0 Å². The van der Waals surface area contributed by atoms with E-state index in [1.807, 2.05) is 6.92 Å². The van der Waals surface area contributed by atoms with Crippen LogP contribution >= 0.6 is 11.3 Å². The van der Waals surface area contributed by atoms with Crippen LogP contribution in [0, 0.1) is 20.8 Å². The zero-order chi connectivity index (χ0) is 13.1. The molecular formula is C15H20N2S. The van der Waals surface area contributed by atoms with Crippen molar-refractivity contribution in [2.75, 3.05) is 0 Å². The fourth-order valence-corrected chi connectivity index (χ4v) is 2.89. The highest BCUT2D eigenvalue weighted by Gasteiger charge is 2.08. The first-order chi connectivity index (χ1) is 8.54. The number of thiazole rings is 1. The molecule has 2 N–H and O–H groups in total. The summed E-state index contributed by atoms with van der Waals surface area (Å²) >= 11 is 1.70. The summed E-state index contributed by atoms with van der Waals surface area (Å²) in [6, 6.07) is 6.74. The molecule has 2 nitrogen and oxygen atoms in total. The number of nitrogens with two attached hydrogens (primary N) is 1. The molecule has 0 fully saturated rings. The smallest absolute Gasteiger partial charge is 0.0943 e. The summed E-state index contributed by atoms with van der Waals surface area (Å²) in [6.45, 7) is 6.31. The fraction of sp³-hybridized carbons (Fsp3) is 0.400. The normalized spacial score (nSPS) is 12.7. The van der Waals surface area contributed by atoms with Gasteiger partial charge in [0.25, 0.3) is 0 Å². The lowest BCUT2D eigenvalue weighted by Crippen LogP contribution is -2.25. The lowest BCUT2D eigenvalue weighted by Gasteiger charge is -2.11. The molecule has 0 saturated carbocycles. The molecule has 2 aromatic rings. The van der Waals surface area contributed by atoms with Crippen molar-refractivity contribution in [2.45, 2.75) is 39.7 Å². The molecule has 0 aliphatic rings. The molecule has 96 valence electrons. The number of hydrogen-bond acceptors (Lipinski definition) is 3. The number of aryl methyl sites for hydroxylation is 3. The quantitative estimate of drug-likeness (QED) is 0.917. The Bertz CT molecular complexity index is 531. The number of nitrogens with zero attached hydrogens (tertiary/aromatic N) is 1. The molecule has 1 unspecified atom stereocenters. The highest BCUT2D eigenvalue weighted by atomic mass is 32.1. The molecule has 0 saturated heterocycles. The molecule has 3 heteroatoms. The van der Waals surface area contributed by atoms with Gasteiger partial charge in [-0.1, -0.05) is 18.2 Å². The van der Waals surface area contributed by atoms with E-state index < -0.39 is 0 Å². The van der Waals surface area contributed by atoms with E-state index in [9.17, 15) is 0 Å². The Morgan fingerprint density at radius 2 is 1.94 bits per heavy atom. The lowest BCUT2D eigenvalue weighted by atomic mass is 10.00. The molecule has 2 rings (SSSR count). The summed E-state index contributed by atoms with van der Waals surface area (Å²) in [4.78, 5) is 4.46. The Kier molecular flexibility index (Phi) is 4.15. The SMILES string of the molecule is Cc1csc(CC(N)Cc2ccc(C)c(C)c2)n1. The Morgan fingerprint density at radius 3 is 2.56 bits per heavy atom. The van der Waals surface area contributed by atoms with Crippen LogP contribution in [0.25, 0.3) is 0 Å². The van der Waals surface area contributed by atoms with Gasteiger partial charge in [0.1, 0.15) is 0 Å². The minimum absolute atomic E-state index is 0.151. The minimum atomic E-state index is 0.151. The highest BCUT2D eigenvalue weighted by molar-refractivity contribution is 7.09. The van der Waals surface area contributed by atoms with Gasteiger partial charge in [-0.3, -0.25) is 0 Å². The monoisotopic (exact) mass is 260 g/mol. The van der Waals surface area contributed by atoms with Crippen molar-refractivity contribution in [3.63, 3.8) is 0 Å².